The minimum absolute atomic E-state index is 0.0348. The van der Waals surface area contributed by atoms with Gasteiger partial charge in [0.2, 0.25) is 5.91 Å². The maximum Gasteiger partial charge on any atom is 0.222 e. The Morgan fingerprint density at radius 1 is 1.20 bits per heavy atom. The molecule has 0 aromatic carbocycles. The maximum atomic E-state index is 12.2. The van der Waals surface area contributed by atoms with E-state index in [0.29, 0.717) is 26.2 Å². The van der Waals surface area contributed by atoms with Crippen LogP contribution in [0.1, 0.15) is 38.5 Å². The number of carbonyl (C=O) groups is 1. The predicted molar refractivity (Wildman–Crippen MR) is 94.4 cm³/mol. The van der Waals surface area contributed by atoms with Gasteiger partial charge in [0.05, 0.1) is 37.9 Å². The average molecular weight is 355 g/mol. The lowest BCUT2D eigenvalue weighted by molar-refractivity contribution is -0.137. The number of hydrogen-bond donors (Lipinski definition) is 3. The molecule has 3 rings (SSSR count). The van der Waals surface area contributed by atoms with Gasteiger partial charge in [-0.2, -0.15) is 0 Å². The number of nitrogens with one attached hydrogen (secondary N) is 2. The summed E-state index contributed by atoms with van der Waals surface area (Å²) in [5, 5.41) is 16.1. The number of hydrogen-bond acceptors (Lipinski definition) is 6. The molecule has 0 aliphatic carbocycles. The first-order chi connectivity index (χ1) is 12.2. The van der Waals surface area contributed by atoms with Gasteiger partial charge < -0.3 is 30.1 Å². The van der Waals surface area contributed by atoms with Crippen molar-refractivity contribution in [2.24, 2.45) is 0 Å². The second-order valence-corrected chi connectivity index (χ2v) is 7.54. The van der Waals surface area contributed by atoms with Crippen LogP contribution >= 0.6 is 0 Å². The molecule has 3 N–H and O–H groups in total. The van der Waals surface area contributed by atoms with E-state index in [0.717, 1.165) is 39.0 Å². The van der Waals surface area contributed by atoms with Crippen molar-refractivity contribution in [2.45, 2.75) is 62.9 Å². The van der Waals surface area contributed by atoms with Gasteiger partial charge in [0, 0.05) is 25.7 Å². The van der Waals surface area contributed by atoms with Crippen molar-refractivity contribution in [3.8, 4) is 0 Å². The zero-order chi connectivity index (χ0) is 17.5. The molecular formula is C18H33N3O4. The Morgan fingerprint density at radius 2 is 2.04 bits per heavy atom. The van der Waals surface area contributed by atoms with Crippen molar-refractivity contribution in [2.75, 3.05) is 45.9 Å². The third kappa shape index (κ3) is 6.18. The molecule has 3 saturated heterocycles. The lowest BCUT2D eigenvalue weighted by atomic mass is 9.96. The summed E-state index contributed by atoms with van der Waals surface area (Å²) in [4.78, 5) is 14.6. The van der Waals surface area contributed by atoms with Crippen LogP contribution in [0.3, 0.4) is 0 Å². The van der Waals surface area contributed by atoms with Crippen molar-refractivity contribution < 1.29 is 19.4 Å². The van der Waals surface area contributed by atoms with Crippen LogP contribution in [0, 0.1) is 0 Å². The zero-order valence-electron chi connectivity index (χ0n) is 15.1. The van der Waals surface area contributed by atoms with Gasteiger partial charge in [0.25, 0.3) is 0 Å². The van der Waals surface area contributed by atoms with Gasteiger partial charge in [-0.3, -0.25) is 4.79 Å². The second kappa shape index (κ2) is 9.83. The normalized spacial score (nSPS) is 34.6. The minimum Gasteiger partial charge on any atom is -0.389 e. The highest BCUT2D eigenvalue weighted by Crippen LogP contribution is 2.23. The van der Waals surface area contributed by atoms with Crippen molar-refractivity contribution in [1.29, 1.82) is 0 Å². The molecule has 144 valence electrons. The molecule has 0 bridgehead atoms. The van der Waals surface area contributed by atoms with E-state index in [4.69, 9.17) is 9.47 Å². The summed E-state index contributed by atoms with van der Waals surface area (Å²) in [6, 6.07) is 0.202. The monoisotopic (exact) mass is 355 g/mol. The largest absolute Gasteiger partial charge is 0.389 e. The fourth-order valence-corrected chi connectivity index (χ4v) is 3.98. The Hall–Kier alpha value is -0.730. The van der Waals surface area contributed by atoms with Crippen LogP contribution in [-0.4, -0.2) is 86.2 Å². The van der Waals surface area contributed by atoms with Crippen LogP contribution in [-0.2, 0) is 14.3 Å². The highest BCUT2D eigenvalue weighted by Gasteiger charge is 2.33. The minimum atomic E-state index is -0.454. The van der Waals surface area contributed by atoms with E-state index in [-0.39, 0.29) is 24.2 Å². The third-order valence-electron chi connectivity index (χ3n) is 5.44. The molecule has 3 fully saturated rings. The number of amides is 1. The van der Waals surface area contributed by atoms with Gasteiger partial charge in [-0.25, -0.2) is 0 Å². The highest BCUT2D eigenvalue weighted by molar-refractivity contribution is 5.76. The van der Waals surface area contributed by atoms with Gasteiger partial charge >= 0.3 is 0 Å². The lowest BCUT2D eigenvalue weighted by Crippen LogP contribution is -2.54. The number of ether oxygens (including phenoxy) is 2. The van der Waals surface area contributed by atoms with Crippen LogP contribution < -0.4 is 10.6 Å². The van der Waals surface area contributed by atoms with E-state index < -0.39 is 6.10 Å². The Balaban J connectivity index is 1.34. The van der Waals surface area contributed by atoms with Crippen molar-refractivity contribution >= 4 is 5.91 Å². The maximum absolute atomic E-state index is 12.2. The fraction of sp³-hybridized carbons (Fsp3) is 0.944. The molecule has 3 heterocycles. The van der Waals surface area contributed by atoms with E-state index in [1.807, 2.05) is 0 Å². The smallest absolute Gasteiger partial charge is 0.222 e. The summed E-state index contributed by atoms with van der Waals surface area (Å²) in [6.45, 7) is 5.33. The van der Waals surface area contributed by atoms with Crippen LogP contribution in [0.2, 0.25) is 0 Å². The fourth-order valence-electron chi connectivity index (χ4n) is 3.98. The van der Waals surface area contributed by atoms with E-state index in [1.165, 1.54) is 19.3 Å². The van der Waals surface area contributed by atoms with E-state index in [2.05, 4.69) is 15.5 Å². The number of carbonyl (C=O) groups excluding carboxylic acids is 1. The molecule has 7 heteroatoms. The molecule has 3 aliphatic heterocycles. The molecule has 0 radical (unpaired) electrons. The second-order valence-electron chi connectivity index (χ2n) is 7.54. The quantitative estimate of drug-likeness (QED) is 0.638. The number of aliphatic hydroxyl groups excluding tert-OH is 1. The molecule has 4 atom stereocenters. The number of β-amino-alcohol motifs (C(OH)–C–C–N with tert-alkyl or cyclic N) is 1. The van der Waals surface area contributed by atoms with Gasteiger partial charge in [-0.1, -0.05) is 6.42 Å². The summed E-state index contributed by atoms with van der Waals surface area (Å²) in [5.41, 5.74) is 0. The molecule has 0 spiro atoms. The number of rotatable bonds is 5. The molecular weight excluding hydrogens is 322 g/mol. The van der Waals surface area contributed by atoms with Crippen molar-refractivity contribution in [3.05, 3.63) is 0 Å². The number of nitrogens with zero attached hydrogens (tertiary/aromatic N) is 1. The average Bonchev–Trinajstić information content (AvgIpc) is 2.60. The molecule has 7 nitrogen and oxygen atoms in total. The molecule has 25 heavy (non-hydrogen) atoms. The predicted octanol–water partition coefficient (Wildman–Crippen LogP) is -0.124. The lowest BCUT2D eigenvalue weighted by Gasteiger charge is -2.38. The summed E-state index contributed by atoms with van der Waals surface area (Å²) in [6.07, 6.45) is 5.60. The molecule has 0 aromatic rings. The molecule has 0 saturated carbocycles. The molecule has 0 aromatic heterocycles. The molecule has 3 aliphatic rings. The zero-order valence-corrected chi connectivity index (χ0v) is 15.1. The number of aliphatic hydroxyl groups is 1. The van der Waals surface area contributed by atoms with Crippen LogP contribution in [0.15, 0.2) is 0 Å². The standard InChI is InChI=1S/C18H33N3O4/c22-14-11-20-16-5-4-15(25-17(16)13-24-12-14)10-18(23)19-6-9-21-7-2-1-3-8-21/h14-17,20,22H,1-13H2,(H,19,23)/t14-,15+,16+,17-/m0/s1. The van der Waals surface area contributed by atoms with Crippen LogP contribution in [0.5, 0.6) is 0 Å². The summed E-state index contributed by atoms with van der Waals surface area (Å²) < 4.78 is 11.6. The first-order valence-electron chi connectivity index (χ1n) is 9.84. The Morgan fingerprint density at radius 3 is 2.88 bits per heavy atom. The Labute approximate surface area is 150 Å². The SMILES string of the molecule is O=C(C[C@H]1CC[C@H]2NC[C@H](O)COC[C@@H]2O1)NCCN1CCCCC1. The summed E-state index contributed by atoms with van der Waals surface area (Å²) >= 11 is 0. The number of fused-ring (bicyclic) bond motifs is 1. The molecule has 1 amide bonds. The van der Waals surface area contributed by atoms with E-state index in [9.17, 15) is 9.90 Å². The van der Waals surface area contributed by atoms with Gasteiger partial charge in [-0.15, -0.1) is 0 Å². The Bertz CT molecular complexity index is 417. The first-order valence-corrected chi connectivity index (χ1v) is 9.84. The molecule has 0 unspecified atom stereocenters. The van der Waals surface area contributed by atoms with Crippen molar-refractivity contribution in [1.82, 2.24) is 15.5 Å². The van der Waals surface area contributed by atoms with Crippen molar-refractivity contribution in [3.63, 3.8) is 0 Å². The topological polar surface area (TPSA) is 83.1 Å². The third-order valence-corrected chi connectivity index (χ3v) is 5.44. The van der Waals surface area contributed by atoms with Gasteiger partial charge in [0.15, 0.2) is 0 Å². The summed E-state index contributed by atoms with van der Waals surface area (Å²) in [7, 11) is 0. The van der Waals surface area contributed by atoms with Gasteiger partial charge in [-0.05, 0) is 38.8 Å². The van der Waals surface area contributed by atoms with E-state index in [1.54, 1.807) is 0 Å². The van der Waals surface area contributed by atoms with E-state index >= 15 is 0 Å². The number of likely N-dealkylation sites (tertiary alicyclic amines) is 1. The Kier molecular flexibility index (Phi) is 7.49. The highest BCUT2D eigenvalue weighted by atomic mass is 16.5. The van der Waals surface area contributed by atoms with Crippen LogP contribution in [0.4, 0.5) is 0 Å². The first kappa shape index (κ1) is 19.0. The summed E-state index contributed by atoms with van der Waals surface area (Å²) in [5.74, 6) is 0.0793. The number of piperidine rings is 1. The van der Waals surface area contributed by atoms with Crippen LogP contribution in [0.25, 0.3) is 0 Å². The van der Waals surface area contributed by atoms with Gasteiger partial charge in [0.1, 0.15) is 0 Å².